The molecule has 0 fully saturated rings. The van der Waals surface area contributed by atoms with Crippen molar-refractivity contribution in [1.82, 2.24) is 9.55 Å². The number of nitro groups is 1. The van der Waals surface area contributed by atoms with E-state index in [0.717, 1.165) is 5.56 Å². The van der Waals surface area contributed by atoms with Gasteiger partial charge in [0.05, 0.1) is 0 Å². The third kappa shape index (κ3) is 2.32. The molecule has 0 bridgehead atoms. The molecule has 0 amide bonds. The van der Waals surface area contributed by atoms with E-state index >= 15 is 0 Å². The largest absolute Gasteiger partial charge is 0.406 e. The molecule has 0 aliphatic heterocycles. The number of nitrogens with one attached hydrogen (secondary N) is 1. The topological polar surface area (TPSA) is 73.0 Å². The van der Waals surface area contributed by atoms with Gasteiger partial charge in [-0.2, -0.15) is 0 Å². The van der Waals surface area contributed by atoms with E-state index < -0.39 is 4.92 Å². The van der Waals surface area contributed by atoms with Crippen LogP contribution >= 0.6 is 0 Å². The van der Waals surface area contributed by atoms with Crippen LogP contribution in [0, 0.1) is 17.0 Å². The van der Waals surface area contributed by atoms with E-state index in [9.17, 15) is 10.1 Å². The zero-order valence-electron chi connectivity index (χ0n) is 10.3. The molecule has 1 heterocycles. The highest BCUT2D eigenvalue weighted by Crippen LogP contribution is 2.24. The van der Waals surface area contributed by atoms with Gasteiger partial charge < -0.3 is 15.4 Å². The predicted octanol–water partition coefficient (Wildman–Crippen LogP) is 2.25. The number of anilines is 1. The Morgan fingerprint density at radius 1 is 1.39 bits per heavy atom. The van der Waals surface area contributed by atoms with Gasteiger partial charge in [0.15, 0.2) is 0 Å². The second-order valence-electron chi connectivity index (χ2n) is 3.99. The van der Waals surface area contributed by atoms with Gasteiger partial charge in [0.2, 0.25) is 11.6 Å². The van der Waals surface area contributed by atoms with Crippen LogP contribution in [0.15, 0.2) is 30.3 Å². The molecule has 6 nitrogen and oxygen atoms in total. The van der Waals surface area contributed by atoms with Gasteiger partial charge in [-0.15, -0.1) is 0 Å². The normalized spacial score (nSPS) is 10.3. The summed E-state index contributed by atoms with van der Waals surface area (Å²) >= 11 is 0. The number of aromatic nitrogens is 2. The molecule has 0 unspecified atom stereocenters. The molecule has 0 atom stereocenters. The molecule has 94 valence electrons. The lowest BCUT2D eigenvalue weighted by Crippen LogP contribution is -2.06. The number of aryl methyl sites for hydroxylation is 1. The zero-order chi connectivity index (χ0) is 13.1. The lowest BCUT2D eigenvalue weighted by Gasteiger charge is -2.06. The van der Waals surface area contributed by atoms with Crippen LogP contribution < -0.4 is 5.32 Å². The van der Waals surface area contributed by atoms with Crippen LogP contribution in [0.25, 0.3) is 0 Å². The van der Waals surface area contributed by atoms with E-state index in [2.05, 4.69) is 10.3 Å². The summed E-state index contributed by atoms with van der Waals surface area (Å²) in [5.41, 5.74) is 1.06. The highest BCUT2D eigenvalue weighted by atomic mass is 16.6. The average molecular weight is 246 g/mol. The van der Waals surface area contributed by atoms with Crippen molar-refractivity contribution in [2.45, 2.75) is 13.5 Å². The maximum absolute atomic E-state index is 10.9. The maximum Gasteiger partial charge on any atom is 0.406 e. The molecule has 2 aromatic rings. The minimum absolute atomic E-state index is 0.133. The van der Waals surface area contributed by atoms with Crippen LogP contribution in [0.1, 0.15) is 11.4 Å². The van der Waals surface area contributed by atoms with Gasteiger partial charge in [-0.1, -0.05) is 30.3 Å². The van der Waals surface area contributed by atoms with Crippen molar-refractivity contribution in [3.63, 3.8) is 0 Å². The van der Waals surface area contributed by atoms with Crippen molar-refractivity contribution in [2.75, 3.05) is 5.32 Å². The molecule has 0 saturated carbocycles. The molecular formula is C12H14N4O2. The Labute approximate surface area is 104 Å². The Morgan fingerprint density at radius 2 is 2.06 bits per heavy atom. The number of rotatable bonds is 4. The molecule has 6 heteroatoms. The molecular weight excluding hydrogens is 232 g/mol. The van der Waals surface area contributed by atoms with Gasteiger partial charge >= 0.3 is 5.82 Å². The summed E-state index contributed by atoms with van der Waals surface area (Å²) in [6, 6.07) is 9.71. The molecule has 0 saturated heterocycles. The summed E-state index contributed by atoms with van der Waals surface area (Å²) in [4.78, 5) is 14.3. The first-order valence-corrected chi connectivity index (χ1v) is 5.55. The Balaban J connectivity index is 2.21. The standard InChI is InChI=1S/C12H14N4O2/c1-9-14-12(16(17)18)11(15(9)2)13-8-10-6-4-3-5-7-10/h3-7,13H,8H2,1-2H3. The average Bonchev–Trinajstić information content (AvgIpc) is 2.65. The minimum Gasteiger partial charge on any atom is -0.360 e. The predicted molar refractivity (Wildman–Crippen MR) is 68.4 cm³/mol. The van der Waals surface area contributed by atoms with Crippen LogP contribution in [0.3, 0.4) is 0 Å². The number of nitrogens with zero attached hydrogens (tertiary/aromatic N) is 3. The molecule has 2 rings (SSSR count). The van der Waals surface area contributed by atoms with E-state index in [1.807, 2.05) is 30.3 Å². The molecule has 0 aliphatic rings. The lowest BCUT2D eigenvalue weighted by atomic mass is 10.2. The first kappa shape index (κ1) is 12.1. The molecule has 1 N–H and O–H groups in total. The van der Waals surface area contributed by atoms with E-state index in [1.54, 1.807) is 18.5 Å². The number of hydrogen-bond acceptors (Lipinski definition) is 4. The van der Waals surface area contributed by atoms with Gasteiger partial charge in [-0.3, -0.25) is 4.57 Å². The van der Waals surface area contributed by atoms with Crippen LogP contribution in [-0.2, 0) is 13.6 Å². The molecule has 1 aromatic carbocycles. The molecule has 0 aliphatic carbocycles. The third-order valence-corrected chi connectivity index (χ3v) is 2.78. The maximum atomic E-state index is 10.9. The van der Waals surface area contributed by atoms with E-state index in [1.165, 1.54) is 0 Å². The monoisotopic (exact) mass is 246 g/mol. The van der Waals surface area contributed by atoms with Crippen LogP contribution in [0.2, 0.25) is 0 Å². The summed E-state index contributed by atoms with van der Waals surface area (Å²) < 4.78 is 1.68. The van der Waals surface area contributed by atoms with Crippen molar-refractivity contribution in [1.29, 1.82) is 0 Å². The number of benzene rings is 1. The van der Waals surface area contributed by atoms with Crippen LogP contribution in [0.5, 0.6) is 0 Å². The molecule has 0 spiro atoms. The van der Waals surface area contributed by atoms with Gasteiger partial charge in [0.1, 0.15) is 0 Å². The second-order valence-corrected chi connectivity index (χ2v) is 3.99. The van der Waals surface area contributed by atoms with Gasteiger partial charge in [0.25, 0.3) is 0 Å². The molecule has 18 heavy (non-hydrogen) atoms. The van der Waals surface area contributed by atoms with Crippen LogP contribution in [0.4, 0.5) is 11.6 Å². The van der Waals surface area contributed by atoms with E-state index in [-0.39, 0.29) is 5.82 Å². The fourth-order valence-electron chi connectivity index (χ4n) is 1.70. The minimum atomic E-state index is -0.472. The zero-order valence-corrected chi connectivity index (χ0v) is 10.3. The Bertz CT molecular complexity index is 563. The van der Waals surface area contributed by atoms with Gasteiger partial charge in [-0.05, 0) is 15.5 Å². The fraction of sp³-hybridized carbons (Fsp3) is 0.250. The summed E-state index contributed by atoms with van der Waals surface area (Å²) in [6.07, 6.45) is 0. The fourth-order valence-corrected chi connectivity index (χ4v) is 1.70. The summed E-state index contributed by atoms with van der Waals surface area (Å²) in [5.74, 6) is 0.907. The van der Waals surface area contributed by atoms with Crippen molar-refractivity contribution < 1.29 is 4.92 Å². The first-order chi connectivity index (χ1) is 8.59. The molecule has 1 aromatic heterocycles. The quantitative estimate of drug-likeness (QED) is 0.663. The van der Waals surface area contributed by atoms with Crippen molar-refractivity contribution >= 4 is 11.6 Å². The van der Waals surface area contributed by atoms with Gasteiger partial charge in [-0.25, -0.2) is 0 Å². The lowest BCUT2D eigenvalue weighted by molar-refractivity contribution is -0.388. The Kier molecular flexibility index (Phi) is 3.27. The first-order valence-electron chi connectivity index (χ1n) is 5.55. The highest BCUT2D eigenvalue weighted by Gasteiger charge is 2.22. The van der Waals surface area contributed by atoms with Gasteiger partial charge in [0, 0.05) is 20.5 Å². The van der Waals surface area contributed by atoms with E-state index in [4.69, 9.17) is 0 Å². The summed E-state index contributed by atoms with van der Waals surface area (Å²) in [7, 11) is 1.75. The van der Waals surface area contributed by atoms with Crippen molar-refractivity contribution in [2.24, 2.45) is 7.05 Å². The molecule has 0 radical (unpaired) electrons. The second kappa shape index (κ2) is 4.87. The Hall–Kier alpha value is -2.37. The SMILES string of the molecule is Cc1nc([N+](=O)[O-])c(NCc2ccccc2)n1C. The summed E-state index contributed by atoms with van der Waals surface area (Å²) in [5, 5.41) is 13.9. The van der Waals surface area contributed by atoms with Crippen molar-refractivity contribution in [3.8, 4) is 0 Å². The number of hydrogen-bond donors (Lipinski definition) is 1. The summed E-state index contributed by atoms with van der Waals surface area (Å²) in [6.45, 7) is 2.27. The smallest absolute Gasteiger partial charge is 0.360 e. The van der Waals surface area contributed by atoms with Crippen molar-refractivity contribution in [3.05, 3.63) is 51.8 Å². The van der Waals surface area contributed by atoms with E-state index in [0.29, 0.717) is 18.2 Å². The third-order valence-electron chi connectivity index (χ3n) is 2.78. The van der Waals surface area contributed by atoms with Crippen LogP contribution in [-0.4, -0.2) is 14.5 Å². The number of imidazole rings is 1. The Morgan fingerprint density at radius 3 is 2.67 bits per heavy atom. The highest BCUT2D eigenvalue weighted by molar-refractivity contribution is 5.53.